The third kappa shape index (κ3) is 6.26. The molecule has 0 N–H and O–H groups in total. The standard InChI is InChI=1S/3C6H5.Al.B.3ClH/c3*1-2-4-6-5-3-1;;;;;/h3*1-5H;;;3*1H/q;;;;+3;;;/p-3. The molecule has 23 heavy (non-hydrogen) atoms. The molecule has 0 aromatic heterocycles. The fraction of sp³-hybridized carbons (Fsp3) is 0. The largest absolute Gasteiger partial charge is 3.00 e. The molecular formula is C18H15AlBCl3. The molecule has 0 fully saturated rings. The monoisotopic (exact) mass is 374 g/mol. The van der Waals surface area contributed by atoms with E-state index in [1.807, 2.05) is 0 Å². The van der Waals surface area contributed by atoms with Crippen LogP contribution in [-0.4, -0.2) is 22.6 Å². The zero-order chi connectivity index (χ0) is 12.9. The number of halogens is 3. The zero-order valence-corrected chi connectivity index (χ0v) is 15.9. The number of hydrogen-bond acceptors (Lipinski definition) is 0. The van der Waals surface area contributed by atoms with Crippen LogP contribution in [0.4, 0.5) is 0 Å². The van der Waals surface area contributed by atoms with Crippen molar-refractivity contribution in [2.45, 2.75) is 0 Å². The first-order valence-corrected chi connectivity index (χ1v) is 8.33. The van der Waals surface area contributed by atoms with Gasteiger partial charge in [-0.15, -0.1) is 0 Å². The van der Waals surface area contributed by atoms with Gasteiger partial charge >= 0.3 is 22.6 Å². The summed E-state index contributed by atoms with van der Waals surface area (Å²) in [7, 11) is 0. The second-order valence-corrected chi connectivity index (χ2v) is 7.53. The average molecular weight is 375 g/mol. The van der Waals surface area contributed by atoms with E-state index in [1.54, 1.807) is 0 Å². The molecule has 0 nitrogen and oxygen atoms in total. The number of hydrogen-bond donors (Lipinski definition) is 0. The minimum absolute atomic E-state index is 0. The minimum atomic E-state index is -1.31. The van der Waals surface area contributed by atoms with Gasteiger partial charge in [0, 0.05) is 0 Å². The maximum absolute atomic E-state index is 2.26. The molecule has 3 aromatic rings. The molecule has 0 aliphatic heterocycles. The van der Waals surface area contributed by atoms with Crippen LogP contribution >= 0.6 is 0 Å². The van der Waals surface area contributed by atoms with E-state index in [0.717, 1.165) is 0 Å². The Labute approximate surface area is 163 Å². The maximum atomic E-state index is 2.26. The second-order valence-electron chi connectivity index (χ2n) is 4.67. The van der Waals surface area contributed by atoms with E-state index in [1.165, 1.54) is 13.3 Å². The predicted molar refractivity (Wildman–Crippen MR) is 89.7 cm³/mol. The fourth-order valence-corrected chi connectivity index (χ4v) is 5.49. The fourth-order valence-electron chi connectivity index (χ4n) is 2.51. The van der Waals surface area contributed by atoms with Crippen molar-refractivity contribution in [2.75, 3.05) is 0 Å². The van der Waals surface area contributed by atoms with Gasteiger partial charge in [0.05, 0.1) is 0 Å². The molecule has 0 saturated carbocycles. The van der Waals surface area contributed by atoms with Crippen LogP contribution in [0.3, 0.4) is 0 Å². The van der Waals surface area contributed by atoms with Gasteiger partial charge in [-0.25, -0.2) is 0 Å². The summed E-state index contributed by atoms with van der Waals surface area (Å²) in [6.07, 6.45) is 0. The summed E-state index contributed by atoms with van der Waals surface area (Å²) in [4.78, 5) is 0. The molecule has 114 valence electrons. The maximum Gasteiger partial charge on any atom is 3.00 e. The van der Waals surface area contributed by atoms with Crippen LogP contribution in [0, 0.1) is 0 Å². The summed E-state index contributed by atoms with van der Waals surface area (Å²) in [5.41, 5.74) is 0. The van der Waals surface area contributed by atoms with Crippen molar-refractivity contribution < 1.29 is 37.2 Å². The van der Waals surface area contributed by atoms with Crippen molar-refractivity contribution in [3.63, 3.8) is 0 Å². The van der Waals surface area contributed by atoms with Gasteiger partial charge < -0.3 is 37.2 Å². The molecule has 0 spiro atoms. The van der Waals surface area contributed by atoms with Crippen molar-refractivity contribution in [3.8, 4) is 0 Å². The minimum Gasteiger partial charge on any atom is -1.00 e. The van der Waals surface area contributed by atoms with Crippen LogP contribution in [0.25, 0.3) is 0 Å². The zero-order valence-electron chi connectivity index (χ0n) is 12.4. The summed E-state index contributed by atoms with van der Waals surface area (Å²) >= 11 is -1.31. The van der Waals surface area contributed by atoms with Crippen molar-refractivity contribution in [3.05, 3.63) is 91.0 Å². The van der Waals surface area contributed by atoms with Crippen LogP contribution in [-0.2, 0) is 0 Å². The average Bonchev–Trinajstić information content (AvgIpc) is 2.51. The van der Waals surface area contributed by atoms with Crippen LogP contribution in [0.2, 0.25) is 0 Å². The summed E-state index contributed by atoms with van der Waals surface area (Å²) in [5.74, 6) is 0. The molecule has 5 heteroatoms. The Morgan fingerprint density at radius 3 is 0.826 bits per heavy atom. The van der Waals surface area contributed by atoms with Crippen molar-refractivity contribution in [2.24, 2.45) is 0 Å². The molecule has 0 bridgehead atoms. The quantitative estimate of drug-likeness (QED) is 0.399. The number of benzene rings is 3. The Balaban J connectivity index is 0. The molecule has 0 unspecified atom stereocenters. The first-order valence-electron chi connectivity index (χ1n) is 6.60. The summed E-state index contributed by atoms with van der Waals surface area (Å²) in [6, 6.07) is 32.7. The third-order valence-electron chi connectivity index (χ3n) is 3.40. The van der Waals surface area contributed by atoms with Gasteiger partial charge in [-0.3, -0.25) is 0 Å². The Morgan fingerprint density at radius 1 is 0.391 bits per heavy atom. The van der Waals surface area contributed by atoms with Gasteiger partial charge in [-0.1, -0.05) is 104 Å². The van der Waals surface area contributed by atoms with Gasteiger partial charge in [-0.2, -0.15) is 0 Å². The van der Waals surface area contributed by atoms with E-state index in [4.69, 9.17) is 0 Å². The summed E-state index contributed by atoms with van der Waals surface area (Å²) in [6.45, 7) is 0. The Kier molecular flexibility index (Phi) is 13.3. The van der Waals surface area contributed by atoms with Crippen molar-refractivity contribution in [1.82, 2.24) is 0 Å². The van der Waals surface area contributed by atoms with Crippen LogP contribution in [0.1, 0.15) is 0 Å². The van der Waals surface area contributed by atoms with Gasteiger partial charge in [-0.05, 0) is 0 Å². The van der Waals surface area contributed by atoms with E-state index in [0.29, 0.717) is 0 Å². The first-order chi connectivity index (χ1) is 9.45. The number of rotatable bonds is 3. The molecule has 0 radical (unpaired) electrons. The van der Waals surface area contributed by atoms with Crippen LogP contribution in [0.5, 0.6) is 0 Å². The van der Waals surface area contributed by atoms with Gasteiger partial charge in [0.25, 0.3) is 0 Å². The van der Waals surface area contributed by atoms with Crippen LogP contribution < -0.4 is 50.5 Å². The van der Waals surface area contributed by atoms with Gasteiger partial charge in [0.1, 0.15) is 0 Å². The second kappa shape index (κ2) is 12.5. The smallest absolute Gasteiger partial charge is 1.00 e. The Hall–Kier alpha value is -0.873. The van der Waals surface area contributed by atoms with E-state index in [2.05, 4.69) is 91.0 Å². The molecule has 0 aliphatic carbocycles. The third-order valence-corrected chi connectivity index (χ3v) is 6.55. The van der Waals surface area contributed by atoms with Crippen LogP contribution in [0.15, 0.2) is 91.0 Å². The molecule has 3 aromatic carbocycles. The Bertz CT molecular complexity index is 542. The van der Waals surface area contributed by atoms with E-state index >= 15 is 0 Å². The first kappa shape index (κ1) is 24.4. The normalized spacial score (nSPS) is 8.35. The molecule has 0 heterocycles. The predicted octanol–water partition coefficient (Wildman–Crippen LogP) is -7.17. The molecule has 0 amide bonds. The Morgan fingerprint density at radius 2 is 0.609 bits per heavy atom. The van der Waals surface area contributed by atoms with E-state index in [9.17, 15) is 0 Å². The molecule has 0 aliphatic rings. The summed E-state index contributed by atoms with van der Waals surface area (Å²) < 4.78 is 4.42. The topological polar surface area (TPSA) is 0 Å². The van der Waals surface area contributed by atoms with Crippen molar-refractivity contribution >= 4 is 35.8 Å². The SMILES string of the molecule is [B+3].[Cl-].[Cl-].[Cl-].c1cc[c]([Al]([c]2ccccc2)[c]2ccccc2)cc1. The van der Waals surface area contributed by atoms with Gasteiger partial charge in [0.2, 0.25) is 0 Å². The molecule has 0 saturated heterocycles. The molecular weight excluding hydrogens is 360 g/mol. The van der Waals surface area contributed by atoms with Gasteiger partial charge in [0.15, 0.2) is 0 Å². The molecule has 0 atom stereocenters. The summed E-state index contributed by atoms with van der Waals surface area (Å²) in [5, 5.41) is 0. The van der Waals surface area contributed by atoms with Crippen molar-refractivity contribution in [1.29, 1.82) is 0 Å². The molecule has 3 rings (SSSR count). The van der Waals surface area contributed by atoms with E-state index < -0.39 is 14.1 Å². The van der Waals surface area contributed by atoms with E-state index in [-0.39, 0.29) is 45.6 Å².